The number of hydrogen-bond acceptors (Lipinski definition) is 4. The number of carbonyl (C=O) groups excluding carboxylic acids is 1. The predicted molar refractivity (Wildman–Crippen MR) is 130 cm³/mol. The summed E-state index contributed by atoms with van der Waals surface area (Å²) in [5, 5.41) is 7.20. The standard InChI is InChI=1S/C23H30N4OS2/c1-30-21-11-6-5-10-20(21)25-23(29)27-15-7-14-26(16-17-27)18-22(28)24-13-12-19-8-3-2-4-9-19/h2-6,8-11H,7,12-18H2,1H3,(H,24,28)(H,25,29). The highest BCUT2D eigenvalue weighted by atomic mass is 32.2. The van der Waals surface area contributed by atoms with Crippen LogP contribution < -0.4 is 10.6 Å². The average Bonchev–Trinajstić information content (AvgIpc) is 3.00. The maximum Gasteiger partial charge on any atom is 0.234 e. The zero-order valence-corrected chi connectivity index (χ0v) is 19.1. The molecule has 3 rings (SSSR count). The Morgan fingerprint density at radius 3 is 2.60 bits per heavy atom. The number of thiocarbonyl (C=S) groups is 1. The molecule has 0 aromatic heterocycles. The Bertz CT molecular complexity index is 831. The molecule has 0 bridgehead atoms. The van der Waals surface area contributed by atoms with Crippen molar-refractivity contribution in [3.05, 3.63) is 60.2 Å². The first kappa shape index (κ1) is 22.6. The lowest BCUT2D eigenvalue weighted by atomic mass is 10.1. The van der Waals surface area contributed by atoms with E-state index in [1.54, 1.807) is 11.8 Å². The van der Waals surface area contributed by atoms with Crippen LogP contribution in [0.3, 0.4) is 0 Å². The van der Waals surface area contributed by atoms with Crippen LogP contribution in [0.15, 0.2) is 59.5 Å². The van der Waals surface area contributed by atoms with E-state index in [1.165, 1.54) is 10.5 Å². The van der Waals surface area contributed by atoms with Gasteiger partial charge in [0.1, 0.15) is 0 Å². The predicted octanol–water partition coefficient (Wildman–Crippen LogP) is 3.47. The van der Waals surface area contributed by atoms with Crippen molar-refractivity contribution in [2.24, 2.45) is 0 Å². The van der Waals surface area contributed by atoms with Crippen molar-refractivity contribution < 1.29 is 4.79 Å². The molecule has 2 aromatic carbocycles. The highest BCUT2D eigenvalue weighted by Gasteiger charge is 2.19. The fourth-order valence-electron chi connectivity index (χ4n) is 3.52. The van der Waals surface area contributed by atoms with E-state index < -0.39 is 0 Å². The van der Waals surface area contributed by atoms with Crippen LogP contribution in [-0.4, -0.2) is 66.3 Å². The van der Waals surface area contributed by atoms with E-state index in [-0.39, 0.29) is 5.91 Å². The zero-order chi connectivity index (χ0) is 21.2. The molecule has 1 aliphatic heterocycles. The van der Waals surface area contributed by atoms with Gasteiger partial charge in [-0.3, -0.25) is 9.69 Å². The highest BCUT2D eigenvalue weighted by Crippen LogP contribution is 2.25. The van der Waals surface area contributed by atoms with Crippen molar-refractivity contribution >= 4 is 40.7 Å². The lowest BCUT2D eigenvalue weighted by Gasteiger charge is -2.25. The van der Waals surface area contributed by atoms with Crippen LogP contribution in [0, 0.1) is 0 Å². The fraction of sp³-hybridized carbons (Fsp3) is 0.391. The van der Waals surface area contributed by atoms with Gasteiger partial charge in [0.2, 0.25) is 5.91 Å². The molecule has 2 N–H and O–H groups in total. The maximum absolute atomic E-state index is 12.3. The third kappa shape index (κ3) is 7.00. The molecule has 160 valence electrons. The first-order valence-corrected chi connectivity index (χ1v) is 12.0. The van der Waals surface area contributed by atoms with Crippen molar-refractivity contribution in [3.63, 3.8) is 0 Å². The summed E-state index contributed by atoms with van der Waals surface area (Å²) >= 11 is 7.37. The van der Waals surface area contributed by atoms with Gasteiger partial charge in [-0.05, 0) is 49.0 Å². The zero-order valence-electron chi connectivity index (χ0n) is 17.5. The number of para-hydroxylation sites is 1. The highest BCUT2D eigenvalue weighted by molar-refractivity contribution is 7.98. The van der Waals surface area contributed by atoms with Gasteiger partial charge in [0.15, 0.2) is 5.11 Å². The molecule has 2 aromatic rings. The van der Waals surface area contributed by atoms with E-state index in [0.717, 1.165) is 49.8 Å². The molecule has 1 saturated heterocycles. The molecule has 0 atom stereocenters. The van der Waals surface area contributed by atoms with Gasteiger partial charge in [0.25, 0.3) is 0 Å². The van der Waals surface area contributed by atoms with Crippen LogP contribution in [0.5, 0.6) is 0 Å². The van der Waals surface area contributed by atoms with Gasteiger partial charge < -0.3 is 15.5 Å². The number of thioether (sulfide) groups is 1. The van der Waals surface area contributed by atoms with Crippen LogP contribution in [0.1, 0.15) is 12.0 Å². The molecule has 1 heterocycles. The van der Waals surface area contributed by atoms with Gasteiger partial charge in [-0.25, -0.2) is 0 Å². The Morgan fingerprint density at radius 2 is 1.80 bits per heavy atom. The third-order valence-electron chi connectivity index (χ3n) is 5.17. The summed E-state index contributed by atoms with van der Waals surface area (Å²) < 4.78 is 0. The first-order chi connectivity index (χ1) is 14.7. The average molecular weight is 443 g/mol. The van der Waals surface area contributed by atoms with E-state index in [2.05, 4.69) is 51.0 Å². The van der Waals surface area contributed by atoms with Crippen molar-refractivity contribution in [2.45, 2.75) is 17.7 Å². The summed E-state index contributed by atoms with van der Waals surface area (Å²) in [6, 6.07) is 18.4. The quantitative estimate of drug-likeness (QED) is 0.506. The van der Waals surface area contributed by atoms with Crippen LogP contribution in [0.2, 0.25) is 0 Å². The summed E-state index contributed by atoms with van der Waals surface area (Å²) in [5.41, 5.74) is 2.29. The molecule has 0 saturated carbocycles. The summed E-state index contributed by atoms with van der Waals surface area (Å²) in [6.45, 7) is 4.58. The molecule has 1 fully saturated rings. The van der Waals surface area contributed by atoms with Gasteiger partial charge in [-0.1, -0.05) is 42.5 Å². The Kier molecular flexibility index (Phi) is 8.99. The van der Waals surface area contributed by atoms with E-state index in [0.29, 0.717) is 13.1 Å². The molecule has 7 heteroatoms. The van der Waals surface area contributed by atoms with Gasteiger partial charge in [-0.2, -0.15) is 0 Å². The summed E-state index contributed by atoms with van der Waals surface area (Å²) in [5.74, 6) is 0.0916. The summed E-state index contributed by atoms with van der Waals surface area (Å²) in [6.07, 6.45) is 3.92. The number of benzene rings is 2. The van der Waals surface area contributed by atoms with Crippen molar-refractivity contribution in [2.75, 3.05) is 50.8 Å². The third-order valence-corrected chi connectivity index (χ3v) is 6.33. The van der Waals surface area contributed by atoms with Gasteiger partial charge in [-0.15, -0.1) is 11.8 Å². The molecule has 0 unspecified atom stereocenters. The van der Waals surface area contributed by atoms with Crippen LogP contribution in [-0.2, 0) is 11.2 Å². The van der Waals surface area contributed by atoms with Gasteiger partial charge in [0.05, 0.1) is 12.2 Å². The van der Waals surface area contributed by atoms with E-state index in [9.17, 15) is 4.79 Å². The van der Waals surface area contributed by atoms with Crippen molar-refractivity contribution in [3.8, 4) is 0 Å². The topological polar surface area (TPSA) is 47.6 Å². The molecule has 0 spiro atoms. The number of nitrogens with zero attached hydrogens (tertiary/aromatic N) is 2. The largest absolute Gasteiger partial charge is 0.355 e. The first-order valence-electron chi connectivity index (χ1n) is 10.4. The number of rotatable bonds is 7. The monoisotopic (exact) mass is 442 g/mol. The number of nitrogens with one attached hydrogen (secondary N) is 2. The summed E-state index contributed by atoms with van der Waals surface area (Å²) in [4.78, 5) is 17.9. The van der Waals surface area contributed by atoms with E-state index in [4.69, 9.17) is 12.2 Å². The minimum absolute atomic E-state index is 0.0916. The molecular weight excluding hydrogens is 412 g/mol. The lowest BCUT2D eigenvalue weighted by molar-refractivity contribution is -0.122. The molecule has 30 heavy (non-hydrogen) atoms. The number of hydrogen-bond donors (Lipinski definition) is 2. The smallest absolute Gasteiger partial charge is 0.234 e. The SMILES string of the molecule is CSc1ccccc1NC(=S)N1CCCN(CC(=O)NCCc2ccccc2)CC1. The Labute approximate surface area is 189 Å². The fourth-order valence-corrected chi connectivity index (χ4v) is 4.37. The molecular formula is C23H30N4OS2. The normalized spacial score (nSPS) is 14.8. The molecule has 1 aliphatic rings. The van der Waals surface area contributed by atoms with E-state index >= 15 is 0 Å². The van der Waals surface area contributed by atoms with Crippen molar-refractivity contribution in [1.82, 2.24) is 15.1 Å². The molecule has 1 amide bonds. The Hall–Kier alpha value is -2.09. The van der Waals surface area contributed by atoms with Crippen LogP contribution in [0.4, 0.5) is 5.69 Å². The molecule has 0 radical (unpaired) electrons. The summed E-state index contributed by atoms with van der Waals surface area (Å²) in [7, 11) is 0. The second-order valence-corrected chi connectivity index (χ2v) is 8.57. The van der Waals surface area contributed by atoms with Crippen LogP contribution >= 0.6 is 24.0 Å². The number of anilines is 1. The van der Waals surface area contributed by atoms with Gasteiger partial charge >= 0.3 is 0 Å². The lowest BCUT2D eigenvalue weighted by Crippen LogP contribution is -2.41. The second-order valence-electron chi connectivity index (χ2n) is 7.33. The van der Waals surface area contributed by atoms with Crippen LogP contribution in [0.25, 0.3) is 0 Å². The van der Waals surface area contributed by atoms with Crippen molar-refractivity contribution in [1.29, 1.82) is 0 Å². The second kappa shape index (κ2) is 11.9. The minimum atomic E-state index is 0.0916. The van der Waals surface area contributed by atoms with Gasteiger partial charge in [0, 0.05) is 37.6 Å². The Morgan fingerprint density at radius 1 is 1.03 bits per heavy atom. The number of amides is 1. The number of carbonyl (C=O) groups is 1. The molecule has 5 nitrogen and oxygen atoms in total. The maximum atomic E-state index is 12.3. The molecule has 0 aliphatic carbocycles. The van der Waals surface area contributed by atoms with E-state index in [1.807, 2.05) is 30.3 Å². The minimum Gasteiger partial charge on any atom is -0.355 e. The Balaban J connectivity index is 1.41.